The van der Waals surface area contributed by atoms with Gasteiger partial charge in [-0.25, -0.2) is 0 Å². The molecule has 0 aliphatic rings. The molecule has 1 rings (SSSR count). The summed E-state index contributed by atoms with van der Waals surface area (Å²) < 4.78 is 0. The Kier molecular flexibility index (Phi) is 4.70. The lowest BCUT2D eigenvalue weighted by Crippen LogP contribution is -2.35. The Hall–Kier alpha value is -1.35. The highest BCUT2D eigenvalue weighted by molar-refractivity contribution is 5.82. The van der Waals surface area contributed by atoms with E-state index in [0.29, 0.717) is 0 Å². The molecule has 3 heteroatoms. The summed E-state index contributed by atoms with van der Waals surface area (Å²) in [5.74, 6) is -0.312. The lowest BCUT2D eigenvalue weighted by Gasteiger charge is -2.20. The molecule has 1 aromatic carbocycles. The maximum Gasteiger partial charge on any atom is 0.239 e. The second-order valence-electron chi connectivity index (χ2n) is 4.60. The summed E-state index contributed by atoms with van der Waals surface area (Å²) in [5.41, 5.74) is 9.96. The number of amides is 1. The second-order valence-corrected chi connectivity index (χ2v) is 4.60. The first-order chi connectivity index (χ1) is 7.97. The van der Waals surface area contributed by atoms with Gasteiger partial charge in [-0.1, -0.05) is 24.6 Å². The molecule has 0 saturated heterocycles. The monoisotopic (exact) mass is 234 g/mol. The molecule has 0 fully saturated rings. The highest BCUT2D eigenvalue weighted by Crippen LogP contribution is 2.23. The predicted molar refractivity (Wildman–Crippen MR) is 70.9 cm³/mol. The van der Waals surface area contributed by atoms with Crippen LogP contribution in [0.5, 0.6) is 0 Å². The highest BCUT2D eigenvalue weighted by Gasteiger charge is 2.20. The van der Waals surface area contributed by atoms with Gasteiger partial charge < -0.3 is 11.1 Å². The van der Waals surface area contributed by atoms with E-state index in [-0.39, 0.29) is 11.9 Å². The fraction of sp³-hybridized carbons (Fsp3) is 0.500. The molecule has 3 N–H and O–H groups in total. The third-order valence-electron chi connectivity index (χ3n) is 2.91. The summed E-state index contributed by atoms with van der Waals surface area (Å²) in [6, 6.07) is 3.80. The molecule has 0 radical (unpaired) electrons. The first kappa shape index (κ1) is 13.7. The molecule has 1 unspecified atom stereocenters. The Bertz CT molecular complexity index is 390. The van der Waals surface area contributed by atoms with Crippen molar-refractivity contribution in [2.45, 2.75) is 40.2 Å². The first-order valence-corrected chi connectivity index (χ1v) is 6.07. The molecular formula is C14H22N2O. The van der Waals surface area contributed by atoms with Crippen molar-refractivity contribution in [3.8, 4) is 0 Å². The van der Waals surface area contributed by atoms with Gasteiger partial charge in [-0.15, -0.1) is 0 Å². The van der Waals surface area contributed by atoms with Crippen LogP contribution in [0.15, 0.2) is 12.1 Å². The maximum absolute atomic E-state index is 11.6. The number of primary amides is 1. The molecule has 0 bridgehead atoms. The lowest BCUT2D eigenvalue weighted by molar-refractivity contribution is -0.120. The van der Waals surface area contributed by atoms with Gasteiger partial charge in [0.15, 0.2) is 0 Å². The molecule has 1 aromatic rings. The van der Waals surface area contributed by atoms with Crippen LogP contribution in [0.25, 0.3) is 0 Å². The fourth-order valence-electron chi connectivity index (χ4n) is 2.28. The van der Waals surface area contributed by atoms with Gasteiger partial charge in [0.2, 0.25) is 5.91 Å². The minimum absolute atomic E-state index is 0.312. The van der Waals surface area contributed by atoms with E-state index in [1.165, 1.54) is 5.56 Å². The minimum atomic E-state index is -0.379. The van der Waals surface area contributed by atoms with E-state index in [4.69, 9.17) is 5.73 Å². The molecule has 1 amide bonds. The number of nitrogens with one attached hydrogen (secondary N) is 1. The SMILES string of the molecule is CCCNC(C(N)=O)c1c(C)cc(C)cc1C. The molecule has 0 heterocycles. The van der Waals surface area contributed by atoms with Crippen molar-refractivity contribution in [1.29, 1.82) is 0 Å². The Labute approximate surface area is 103 Å². The topological polar surface area (TPSA) is 55.1 Å². The van der Waals surface area contributed by atoms with E-state index < -0.39 is 0 Å². The van der Waals surface area contributed by atoms with Crippen molar-refractivity contribution in [2.75, 3.05) is 6.54 Å². The van der Waals surface area contributed by atoms with Crippen molar-refractivity contribution in [3.63, 3.8) is 0 Å². The van der Waals surface area contributed by atoms with Crippen LogP contribution in [0.1, 0.15) is 41.6 Å². The van der Waals surface area contributed by atoms with E-state index in [9.17, 15) is 4.79 Å². The van der Waals surface area contributed by atoms with Crippen molar-refractivity contribution in [2.24, 2.45) is 5.73 Å². The molecule has 0 saturated carbocycles. The van der Waals surface area contributed by atoms with E-state index >= 15 is 0 Å². The normalized spacial score (nSPS) is 12.5. The van der Waals surface area contributed by atoms with Gasteiger partial charge in [0.25, 0.3) is 0 Å². The smallest absolute Gasteiger partial charge is 0.239 e. The van der Waals surface area contributed by atoms with Gasteiger partial charge in [-0.3, -0.25) is 4.79 Å². The number of aryl methyl sites for hydroxylation is 3. The number of nitrogens with two attached hydrogens (primary N) is 1. The van der Waals surface area contributed by atoms with Gasteiger partial charge in [0, 0.05) is 0 Å². The summed E-state index contributed by atoms with van der Waals surface area (Å²) in [4.78, 5) is 11.6. The number of benzene rings is 1. The Balaban J connectivity index is 3.14. The van der Waals surface area contributed by atoms with Crippen LogP contribution in [0.2, 0.25) is 0 Å². The average molecular weight is 234 g/mol. The number of carbonyl (C=O) groups is 1. The summed E-state index contributed by atoms with van der Waals surface area (Å²) in [5, 5.41) is 3.21. The van der Waals surface area contributed by atoms with E-state index in [1.54, 1.807) is 0 Å². The molecular weight excluding hydrogens is 212 g/mol. The van der Waals surface area contributed by atoms with Gasteiger partial charge >= 0.3 is 0 Å². The van der Waals surface area contributed by atoms with Crippen molar-refractivity contribution in [3.05, 3.63) is 34.4 Å². The van der Waals surface area contributed by atoms with Crippen LogP contribution in [0.3, 0.4) is 0 Å². The summed E-state index contributed by atoms with van der Waals surface area (Å²) in [6.45, 7) is 8.97. The third-order valence-corrected chi connectivity index (χ3v) is 2.91. The van der Waals surface area contributed by atoms with E-state index in [0.717, 1.165) is 29.7 Å². The van der Waals surface area contributed by atoms with E-state index in [1.807, 2.05) is 13.8 Å². The zero-order valence-electron chi connectivity index (χ0n) is 11.1. The minimum Gasteiger partial charge on any atom is -0.368 e. The molecule has 94 valence electrons. The van der Waals surface area contributed by atoms with Crippen LogP contribution >= 0.6 is 0 Å². The molecule has 3 nitrogen and oxygen atoms in total. The number of carbonyl (C=O) groups excluding carboxylic acids is 1. The van der Waals surface area contributed by atoms with Crippen LogP contribution < -0.4 is 11.1 Å². The van der Waals surface area contributed by atoms with E-state index in [2.05, 4.69) is 31.3 Å². The molecule has 0 spiro atoms. The summed E-state index contributed by atoms with van der Waals surface area (Å²) in [6.07, 6.45) is 0.980. The number of hydrogen-bond acceptors (Lipinski definition) is 2. The Morgan fingerprint density at radius 1 is 1.29 bits per heavy atom. The van der Waals surface area contributed by atoms with Crippen molar-refractivity contribution in [1.82, 2.24) is 5.32 Å². The zero-order chi connectivity index (χ0) is 13.0. The molecule has 0 aromatic heterocycles. The van der Waals surface area contributed by atoms with Gasteiger partial charge in [0.1, 0.15) is 6.04 Å². The summed E-state index contributed by atoms with van der Waals surface area (Å²) in [7, 11) is 0. The lowest BCUT2D eigenvalue weighted by atomic mass is 9.93. The largest absolute Gasteiger partial charge is 0.368 e. The second kappa shape index (κ2) is 5.82. The van der Waals surface area contributed by atoms with Gasteiger partial charge in [0.05, 0.1) is 0 Å². The molecule has 0 aliphatic carbocycles. The molecule has 17 heavy (non-hydrogen) atoms. The Morgan fingerprint density at radius 3 is 2.24 bits per heavy atom. The zero-order valence-corrected chi connectivity index (χ0v) is 11.1. The number of hydrogen-bond donors (Lipinski definition) is 2. The van der Waals surface area contributed by atoms with Crippen LogP contribution in [-0.2, 0) is 4.79 Å². The van der Waals surface area contributed by atoms with Crippen LogP contribution in [-0.4, -0.2) is 12.5 Å². The van der Waals surface area contributed by atoms with Crippen molar-refractivity contribution < 1.29 is 4.79 Å². The number of rotatable bonds is 5. The Morgan fingerprint density at radius 2 is 1.82 bits per heavy atom. The summed E-state index contributed by atoms with van der Waals surface area (Å²) >= 11 is 0. The average Bonchev–Trinajstić information content (AvgIpc) is 2.20. The van der Waals surface area contributed by atoms with Gasteiger partial charge in [-0.05, 0) is 50.4 Å². The quantitative estimate of drug-likeness (QED) is 0.820. The maximum atomic E-state index is 11.6. The van der Waals surface area contributed by atoms with Gasteiger partial charge in [-0.2, -0.15) is 0 Å². The molecule has 0 aliphatic heterocycles. The predicted octanol–water partition coefficient (Wildman–Crippen LogP) is 2.14. The molecule has 1 atom stereocenters. The van der Waals surface area contributed by atoms with Crippen LogP contribution in [0, 0.1) is 20.8 Å². The standard InChI is InChI=1S/C14H22N2O/c1-5-6-16-13(14(15)17)12-10(3)7-9(2)8-11(12)4/h7-8,13,16H,5-6H2,1-4H3,(H2,15,17). The fourth-order valence-corrected chi connectivity index (χ4v) is 2.28. The van der Waals surface area contributed by atoms with Crippen molar-refractivity contribution >= 4 is 5.91 Å². The third kappa shape index (κ3) is 3.30. The first-order valence-electron chi connectivity index (χ1n) is 6.07. The highest BCUT2D eigenvalue weighted by atomic mass is 16.1. The van der Waals surface area contributed by atoms with Crippen LogP contribution in [0.4, 0.5) is 0 Å².